The van der Waals surface area contributed by atoms with E-state index in [1.807, 2.05) is 0 Å². The summed E-state index contributed by atoms with van der Waals surface area (Å²) in [5.74, 6) is -6.00. The average Bonchev–Trinajstić information content (AvgIpc) is 3.10. The lowest BCUT2D eigenvalue weighted by Crippen LogP contribution is -2.39. The van der Waals surface area contributed by atoms with Crippen molar-refractivity contribution in [2.45, 2.75) is 52.3 Å². The number of fused-ring (bicyclic) bond motifs is 1. The number of oxazole rings is 1. The van der Waals surface area contributed by atoms with Crippen LogP contribution >= 0.6 is 0 Å². The summed E-state index contributed by atoms with van der Waals surface area (Å²) in [4.78, 5) is 30.8. The Morgan fingerprint density at radius 2 is 1.82 bits per heavy atom. The number of aromatic nitrogens is 1. The maximum Gasteiger partial charge on any atom is 0.468 e. The van der Waals surface area contributed by atoms with Crippen LogP contribution in [0.25, 0.3) is 5.57 Å². The first-order valence-corrected chi connectivity index (χ1v) is 9.91. The summed E-state index contributed by atoms with van der Waals surface area (Å²) >= 11 is 0. The molecular weight excluding hydrogens is 451 g/mol. The first-order valence-electron chi connectivity index (χ1n) is 9.91. The Morgan fingerprint density at radius 3 is 2.36 bits per heavy atom. The van der Waals surface area contributed by atoms with E-state index in [9.17, 15) is 31.5 Å². The van der Waals surface area contributed by atoms with Gasteiger partial charge in [-0.25, -0.2) is 18.6 Å². The second kappa shape index (κ2) is 8.27. The summed E-state index contributed by atoms with van der Waals surface area (Å²) in [6.07, 6.45) is -5.54. The van der Waals surface area contributed by atoms with Crippen LogP contribution < -0.4 is 0 Å². The highest BCUT2D eigenvalue weighted by molar-refractivity contribution is 6.18. The molecule has 0 saturated heterocycles. The SMILES string of the molecule is CC1=C(C(=O)OC(C)C)c2nc(C(F)(F)F)oc2C(C)(C)CN1C(=O)c1ccc(F)c(F)c1. The van der Waals surface area contributed by atoms with E-state index in [1.54, 1.807) is 13.8 Å². The van der Waals surface area contributed by atoms with Crippen molar-refractivity contribution in [2.24, 2.45) is 0 Å². The summed E-state index contributed by atoms with van der Waals surface area (Å²) in [5.41, 5.74) is -2.32. The van der Waals surface area contributed by atoms with E-state index in [-0.39, 0.29) is 29.1 Å². The number of benzene rings is 1. The molecule has 178 valence electrons. The summed E-state index contributed by atoms with van der Waals surface area (Å²) in [7, 11) is 0. The van der Waals surface area contributed by atoms with Crippen LogP contribution in [0.2, 0.25) is 0 Å². The summed E-state index contributed by atoms with van der Waals surface area (Å²) < 4.78 is 77.4. The van der Waals surface area contributed by atoms with Gasteiger partial charge >= 0.3 is 18.0 Å². The number of nitrogens with zero attached hydrogens (tertiary/aromatic N) is 2. The number of allylic oxidation sites excluding steroid dienone is 1. The second-order valence-corrected chi connectivity index (χ2v) is 8.51. The standard InChI is InChI=1S/C22H21F5N2O4/c1-10(2)32-19(31)15-11(3)29(18(30)12-6-7-13(23)14(24)8-12)9-21(4,5)17-16(15)28-20(33-17)22(25,26)27/h6-8,10H,9H2,1-5H3. The molecule has 0 saturated carbocycles. The maximum absolute atomic E-state index is 13.7. The van der Waals surface area contributed by atoms with Gasteiger partial charge in [0.2, 0.25) is 0 Å². The number of hydrogen-bond acceptors (Lipinski definition) is 5. The van der Waals surface area contributed by atoms with Gasteiger partial charge < -0.3 is 14.1 Å². The molecule has 1 aromatic carbocycles. The largest absolute Gasteiger partial charge is 0.468 e. The van der Waals surface area contributed by atoms with Crippen LogP contribution in [0.4, 0.5) is 22.0 Å². The Balaban J connectivity index is 2.24. The van der Waals surface area contributed by atoms with E-state index in [4.69, 9.17) is 9.15 Å². The minimum atomic E-state index is -4.91. The number of alkyl halides is 3. The van der Waals surface area contributed by atoms with Crippen molar-refractivity contribution in [1.82, 2.24) is 9.88 Å². The summed E-state index contributed by atoms with van der Waals surface area (Å²) in [5, 5.41) is 0. The fourth-order valence-electron chi connectivity index (χ4n) is 3.49. The Labute approximate surface area is 186 Å². The molecule has 0 bridgehead atoms. The van der Waals surface area contributed by atoms with Gasteiger partial charge in [-0.2, -0.15) is 13.2 Å². The molecule has 0 unspecified atom stereocenters. The van der Waals surface area contributed by atoms with Crippen LogP contribution in [-0.4, -0.2) is 34.4 Å². The van der Waals surface area contributed by atoms with Gasteiger partial charge in [-0.05, 0) is 39.0 Å². The van der Waals surface area contributed by atoms with Gasteiger partial charge in [-0.3, -0.25) is 4.79 Å². The molecule has 0 spiro atoms. The Morgan fingerprint density at radius 1 is 1.18 bits per heavy atom. The number of amides is 1. The Bertz CT molecular complexity index is 1150. The van der Waals surface area contributed by atoms with E-state index >= 15 is 0 Å². The minimum absolute atomic E-state index is 0.0655. The predicted molar refractivity (Wildman–Crippen MR) is 106 cm³/mol. The number of ether oxygens (including phenoxy) is 1. The number of carbonyl (C=O) groups is 2. The fourth-order valence-corrected chi connectivity index (χ4v) is 3.49. The molecule has 0 fully saturated rings. The van der Waals surface area contributed by atoms with Crippen LogP contribution in [0.15, 0.2) is 28.3 Å². The fraction of sp³-hybridized carbons (Fsp3) is 0.409. The molecule has 1 aliphatic rings. The Hall–Kier alpha value is -3.24. The number of rotatable bonds is 3. The van der Waals surface area contributed by atoms with Crippen molar-refractivity contribution >= 4 is 17.4 Å². The molecule has 0 N–H and O–H groups in total. The second-order valence-electron chi connectivity index (χ2n) is 8.51. The van der Waals surface area contributed by atoms with Crippen molar-refractivity contribution in [2.75, 3.05) is 6.54 Å². The van der Waals surface area contributed by atoms with Crippen LogP contribution in [0.3, 0.4) is 0 Å². The van der Waals surface area contributed by atoms with Gasteiger partial charge in [0, 0.05) is 23.2 Å². The van der Waals surface area contributed by atoms with Crippen LogP contribution in [-0.2, 0) is 21.1 Å². The normalized spacial score (nSPS) is 16.0. The van der Waals surface area contributed by atoms with Gasteiger partial charge in [0.1, 0.15) is 17.0 Å². The van der Waals surface area contributed by atoms with Crippen molar-refractivity contribution in [3.8, 4) is 0 Å². The molecule has 3 rings (SSSR count). The molecular formula is C22H21F5N2O4. The number of hydrogen-bond donors (Lipinski definition) is 0. The molecule has 1 aromatic heterocycles. The zero-order chi connectivity index (χ0) is 24.9. The highest BCUT2D eigenvalue weighted by atomic mass is 19.4. The van der Waals surface area contributed by atoms with Gasteiger partial charge in [0.25, 0.3) is 5.91 Å². The average molecular weight is 472 g/mol. The monoisotopic (exact) mass is 472 g/mol. The highest BCUT2D eigenvalue weighted by Gasteiger charge is 2.46. The third-order valence-electron chi connectivity index (χ3n) is 5.00. The lowest BCUT2D eigenvalue weighted by atomic mass is 9.88. The van der Waals surface area contributed by atoms with Crippen LogP contribution in [0.1, 0.15) is 62.3 Å². The number of carbonyl (C=O) groups excluding carboxylic acids is 2. The smallest absolute Gasteiger partial charge is 0.459 e. The lowest BCUT2D eigenvalue weighted by Gasteiger charge is -2.30. The topological polar surface area (TPSA) is 72.6 Å². The Kier molecular flexibility index (Phi) is 6.12. The zero-order valence-electron chi connectivity index (χ0n) is 18.4. The minimum Gasteiger partial charge on any atom is -0.459 e. The van der Waals surface area contributed by atoms with E-state index in [0.29, 0.717) is 6.07 Å². The van der Waals surface area contributed by atoms with E-state index in [1.165, 1.54) is 20.8 Å². The van der Waals surface area contributed by atoms with E-state index in [2.05, 4.69) is 4.98 Å². The van der Waals surface area contributed by atoms with Crippen molar-refractivity contribution in [3.05, 3.63) is 58.4 Å². The highest BCUT2D eigenvalue weighted by Crippen LogP contribution is 2.42. The third kappa shape index (κ3) is 4.62. The van der Waals surface area contributed by atoms with E-state index in [0.717, 1.165) is 17.0 Å². The molecule has 11 heteroatoms. The predicted octanol–water partition coefficient (Wildman–Crippen LogP) is 5.09. The van der Waals surface area contributed by atoms with Gasteiger partial charge in [-0.1, -0.05) is 13.8 Å². The molecule has 33 heavy (non-hydrogen) atoms. The molecule has 0 aliphatic carbocycles. The molecule has 2 heterocycles. The molecule has 2 aromatic rings. The van der Waals surface area contributed by atoms with Crippen molar-refractivity contribution < 1.29 is 40.7 Å². The third-order valence-corrected chi connectivity index (χ3v) is 5.00. The van der Waals surface area contributed by atoms with Crippen molar-refractivity contribution in [1.29, 1.82) is 0 Å². The zero-order valence-corrected chi connectivity index (χ0v) is 18.4. The first kappa shape index (κ1) is 24.4. The van der Waals surface area contributed by atoms with Crippen LogP contribution in [0.5, 0.6) is 0 Å². The quantitative estimate of drug-likeness (QED) is 0.460. The summed E-state index contributed by atoms with van der Waals surface area (Å²) in [6, 6.07) is 2.54. The maximum atomic E-state index is 13.7. The van der Waals surface area contributed by atoms with Gasteiger partial charge in [-0.15, -0.1) is 0 Å². The molecule has 0 atom stereocenters. The number of halogens is 5. The van der Waals surface area contributed by atoms with Crippen LogP contribution in [0, 0.1) is 11.6 Å². The van der Waals surface area contributed by atoms with Gasteiger partial charge in [0.05, 0.1) is 6.10 Å². The molecule has 1 amide bonds. The van der Waals surface area contributed by atoms with Gasteiger partial charge in [0.15, 0.2) is 11.6 Å². The summed E-state index contributed by atoms with van der Waals surface area (Å²) in [6.45, 7) is 7.20. The lowest BCUT2D eigenvalue weighted by molar-refractivity contribution is -0.157. The van der Waals surface area contributed by atoms with E-state index < -0.39 is 52.8 Å². The number of esters is 1. The molecule has 1 aliphatic heterocycles. The molecule has 0 radical (unpaired) electrons. The van der Waals surface area contributed by atoms with Crippen molar-refractivity contribution in [3.63, 3.8) is 0 Å². The molecule has 6 nitrogen and oxygen atoms in total. The first-order chi connectivity index (χ1) is 15.1.